The van der Waals surface area contributed by atoms with Crippen LogP contribution < -0.4 is 11.3 Å². The number of hydrogen-bond donors (Lipinski definition) is 2. The Kier molecular flexibility index (Phi) is 7.39. The van der Waals surface area contributed by atoms with E-state index in [1.54, 1.807) is 11.3 Å². The molecule has 3 N–H and O–H groups in total. The lowest BCUT2D eigenvalue weighted by Crippen LogP contribution is -2.46. The Balaban J connectivity index is 2.43. The van der Waals surface area contributed by atoms with Crippen LogP contribution in [-0.4, -0.2) is 25.5 Å². The van der Waals surface area contributed by atoms with E-state index in [1.807, 2.05) is 13.8 Å². The van der Waals surface area contributed by atoms with Crippen molar-refractivity contribution < 1.29 is 9.47 Å². The van der Waals surface area contributed by atoms with Gasteiger partial charge in [0.2, 0.25) is 0 Å². The van der Waals surface area contributed by atoms with E-state index in [0.29, 0.717) is 13.2 Å². The van der Waals surface area contributed by atoms with Crippen LogP contribution in [0.25, 0.3) is 0 Å². The summed E-state index contributed by atoms with van der Waals surface area (Å²) in [5.74, 6) is 5.57. The average molecular weight is 258 g/mol. The molecule has 1 heterocycles. The van der Waals surface area contributed by atoms with Crippen molar-refractivity contribution in [3.05, 3.63) is 22.4 Å². The molecule has 1 atom stereocenters. The normalized spacial score (nSPS) is 13.2. The van der Waals surface area contributed by atoms with Crippen molar-refractivity contribution in [2.24, 2.45) is 5.84 Å². The number of ether oxygens (including phenoxy) is 2. The second-order valence-electron chi connectivity index (χ2n) is 3.72. The Morgan fingerprint density at radius 2 is 2.06 bits per heavy atom. The zero-order valence-electron chi connectivity index (χ0n) is 10.5. The highest BCUT2D eigenvalue weighted by Gasteiger charge is 2.20. The molecule has 0 aliphatic heterocycles. The van der Waals surface area contributed by atoms with Gasteiger partial charge in [0.05, 0.1) is 6.04 Å². The zero-order valence-corrected chi connectivity index (χ0v) is 11.3. The van der Waals surface area contributed by atoms with Crippen LogP contribution in [0.4, 0.5) is 0 Å². The van der Waals surface area contributed by atoms with Crippen LogP contribution in [-0.2, 0) is 15.9 Å². The summed E-state index contributed by atoms with van der Waals surface area (Å²) in [4.78, 5) is 0. The molecular weight excluding hydrogens is 236 g/mol. The molecule has 0 saturated carbocycles. The fourth-order valence-electron chi connectivity index (χ4n) is 1.66. The SMILES string of the molecule is CCOC(OCC)C(CCc1ccsc1)NN. The standard InChI is InChI=1S/C12H22N2O2S/c1-3-15-12(16-4-2)11(14-13)6-5-10-7-8-17-9-10/h7-9,11-12,14H,3-6,13H2,1-2H3. The first-order chi connectivity index (χ1) is 8.31. The fraction of sp³-hybridized carbons (Fsp3) is 0.667. The van der Waals surface area contributed by atoms with Crippen molar-refractivity contribution in [2.75, 3.05) is 13.2 Å². The van der Waals surface area contributed by atoms with Crippen molar-refractivity contribution in [2.45, 2.75) is 39.0 Å². The predicted octanol–water partition coefficient (Wildman–Crippen LogP) is 1.91. The smallest absolute Gasteiger partial charge is 0.174 e. The van der Waals surface area contributed by atoms with Crippen molar-refractivity contribution in [1.82, 2.24) is 5.43 Å². The summed E-state index contributed by atoms with van der Waals surface area (Å²) >= 11 is 1.71. The lowest BCUT2D eigenvalue weighted by Gasteiger charge is -2.26. The van der Waals surface area contributed by atoms with Gasteiger partial charge in [0.25, 0.3) is 0 Å². The summed E-state index contributed by atoms with van der Waals surface area (Å²) in [6.07, 6.45) is 1.61. The summed E-state index contributed by atoms with van der Waals surface area (Å²) in [7, 11) is 0. The number of nitrogens with one attached hydrogen (secondary N) is 1. The van der Waals surface area contributed by atoms with Crippen LogP contribution in [0.2, 0.25) is 0 Å². The Labute approximate surface area is 107 Å². The molecule has 0 spiro atoms. The molecule has 0 aliphatic carbocycles. The maximum Gasteiger partial charge on any atom is 0.174 e. The maximum atomic E-state index is 5.57. The first-order valence-electron chi connectivity index (χ1n) is 6.02. The first-order valence-corrected chi connectivity index (χ1v) is 6.96. The maximum absolute atomic E-state index is 5.57. The van der Waals surface area contributed by atoms with Crippen LogP contribution >= 0.6 is 11.3 Å². The molecule has 0 amide bonds. The van der Waals surface area contributed by atoms with E-state index in [4.69, 9.17) is 15.3 Å². The van der Waals surface area contributed by atoms with E-state index in [1.165, 1.54) is 5.56 Å². The van der Waals surface area contributed by atoms with Gasteiger partial charge in [-0.05, 0) is 49.1 Å². The molecule has 5 heteroatoms. The monoisotopic (exact) mass is 258 g/mol. The lowest BCUT2D eigenvalue weighted by molar-refractivity contribution is -0.155. The van der Waals surface area contributed by atoms with E-state index in [-0.39, 0.29) is 12.3 Å². The number of nitrogens with two attached hydrogens (primary N) is 1. The van der Waals surface area contributed by atoms with Gasteiger partial charge in [-0.25, -0.2) is 0 Å². The summed E-state index contributed by atoms with van der Waals surface area (Å²) in [5.41, 5.74) is 4.12. The topological polar surface area (TPSA) is 56.5 Å². The highest BCUT2D eigenvalue weighted by molar-refractivity contribution is 7.07. The number of rotatable bonds is 9. The van der Waals surface area contributed by atoms with Gasteiger partial charge in [0.1, 0.15) is 0 Å². The third kappa shape index (κ3) is 5.14. The van der Waals surface area contributed by atoms with E-state index >= 15 is 0 Å². The molecule has 1 unspecified atom stereocenters. The van der Waals surface area contributed by atoms with Crippen LogP contribution in [0, 0.1) is 0 Å². The number of hydrogen-bond acceptors (Lipinski definition) is 5. The number of hydrazine groups is 1. The highest BCUT2D eigenvalue weighted by Crippen LogP contribution is 2.13. The summed E-state index contributed by atoms with van der Waals surface area (Å²) in [6.45, 7) is 5.17. The summed E-state index contributed by atoms with van der Waals surface area (Å²) in [5, 5.41) is 4.24. The van der Waals surface area contributed by atoms with E-state index in [2.05, 4.69) is 22.3 Å². The Morgan fingerprint density at radius 3 is 2.53 bits per heavy atom. The van der Waals surface area contributed by atoms with Crippen LogP contribution in [0.3, 0.4) is 0 Å². The number of aryl methyl sites for hydroxylation is 1. The highest BCUT2D eigenvalue weighted by atomic mass is 32.1. The second kappa shape index (κ2) is 8.60. The largest absolute Gasteiger partial charge is 0.351 e. The van der Waals surface area contributed by atoms with Gasteiger partial charge < -0.3 is 9.47 Å². The summed E-state index contributed by atoms with van der Waals surface area (Å²) < 4.78 is 11.1. The molecule has 4 nitrogen and oxygen atoms in total. The van der Waals surface area contributed by atoms with Gasteiger partial charge in [-0.3, -0.25) is 11.3 Å². The molecular formula is C12H22N2O2S. The molecule has 0 aliphatic rings. The van der Waals surface area contributed by atoms with Gasteiger partial charge in [0, 0.05) is 13.2 Å². The van der Waals surface area contributed by atoms with Crippen LogP contribution in [0.1, 0.15) is 25.8 Å². The molecule has 1 aromatic heterocycles. The third-order valence-corrected chi connectivity index (χ3v) is 3.26. The second-order valence-corrected chi connectivity index (χ2v) is 4.50. The minimum atomic E-state index is -0.270. The number of thiophene rings is 1. The third-order valence-electron chi connectivity index (χ3n) is 2.53. The van der Waals surface area contributed by atoms with Gasteiger partial charge in [0.15, 0.2) is 6.29 Å². The molecule has 0 fully saturated rings. The fourth-order valence-corrected chi connectivity index (χ4v) is 2.37. The van der Waals surface area contributed by atoms with Gasteiger partial charge in [-0.1, -0.05) is 0 Å². The molecule has 98 valence electrons. The zero-order chi connectivity index (χ0) is 12.5. The minimum Gasteiger partial charge on any atom is -0.351 e. The van der Waals surface area contributed by atoms with Gasteiger partial charge >= 0.3 is 0 Å². The van der Waals surface area contributed by atoms with E-state index < -0.39 is 0 Å². The predicted molar refractivity (Wildman–Crippen MR) is 70.8 cm³/mol. The summed E-state index contributed by atoms with van der Waals surface area (Å²) in [6, 6.07) is 2.16. The van der Waals surface area contributed by atoms with Crippen LogP contribution in [0.5, 0.6) is 0 Å². The first kappa shape index (κ1) is 14.6. The Hall–Kier alpha value is -0.460. The molecule has 17 heavy (non-hydrogen) atoms. The molecule has 1 aromatic rings. The average Bonchev–Trinajstić information content (AvgIpc) is 2.83. The molecule has 0 saturated heterocycles. The molecule has 0 aromatic carbocycles. The van der Waals surface area contributed by atoms with E-state index in [0.717, 1.165) is 12.8 Å². The minimum absolute atomic E-state index is 0.0230. The van der Waals surface area contributed by atoms with Crippen molar-refractivity contribution in [1.29, 1.82) is 0 Å². The van der Waals surface area contributed by atoms with Crippen molar-refractivity contribution in [3.8, 4) is 0 Å². The Morgan fingerprint density at radius 1 is 1.35 bits per heavy atom. The molecule has 1 rings (SSSR count). The van der Waals surface area contributed by atoms with Crippen LogP contribution in [0.15, 0.2) is 16.8 Å². The van der Waals surface area contributed by atoms with Crippen molar-refractivity contribution >= 4 is 11.3 Å². The van der Waals surface area contributed by atoms with E-state index in [9.17, 15) is 0 Å². The quantitative estimate of drug-likeness (QED) is 0.403. The lowest BCUT2D eigenvalue weighted by atomic mass is 10.1. The molecule has 0 radical (unpaired) electrons. The van der Waals surface area contributed by atoms with Crippen molar-refractivity contribution in [3.63, 3.8) is 0 Å². The molecule has 0 bridgehead atoms. The van der Waals surface area contributed by atoms with Gasteiger partial charge in [-0.2, -0.15) is 11.3 Å². The van der Waals surface area contributed by atoms with Gasteiger partial charge in [-0.15, -0.1) is 0 Å². The Bertz CT molecular complexity index is 274.